The van der Waals surface area contributed by atoms with Crippen LogP contribution in [0.5, 0.6) is 0 Å². The fraction of sp³-hybridized carbons (Fsp3) is 0.500. The van der Waals surface area contributed by atoms with Crippen LogP contribution in [0.4, 0.5) is 0 Å². The van der Waals surface area contributed by atoms with E-state index in [0.717, 1.165) is 19.6 Å². The van der Waals surface area contributed by atoms with Gasteiger partial charge in [-0.3, -0.25) is 4.68 Å². The molecule has 0 aromatic carbocycles. The van der Waals surface area contributed by atoms with Gasteiger partial charge in [-0.05, 0) is 13.8 Å². The van der Waals surface area contributed by atoms with E-state index in [9.17, 15) is 0 Å². The largest absolute Gasteiger partial charge is 0.336 e. The molecule has 0 atom stereocenters. The molecular weight excluding hydrogens is 214 g/mol. The second-order valence-corrected chi connectivity index (χ2v) is 4.40. The normalized spacial score (nSPS) is 11.2. The van der Waals surface area contributed by atoms with E-state index in [-0.39, 0.29) is 0 Å². The van der Waals surface area contributed by atoms with Crippen molar-refractivity contribution in [3.63, 3.8) is 0 Å². The number of aromatic nitrogens is 4. The van der Waals surface area contributed by atoms with Crippen LogP contribution in [0.15, 0.2) is 31.1 Å². The topological polar surface area (TPSA) is 47.7 Å². The van der Waals surface area contributed by atoms with Gasteiger partial charge in [0.25, 0.3) is 0 Å². The Morgan fingerprint density at radius 2 is 2.29 bits per heavy atom. The van der Waals surface area contributed by atoms with Crippen LogP contribution in [0.1, 0.15) is 25.5 Å². The molecule has 5 heteroatoms. The number of nitrogens with zero attached hydrogens (tertiary/aromatic N) is 4. The number of hydrogen-bond donors (Lipinski definition) is 1. The lowest BCUT2D eigenvalue weighted by Crippen LogP contribution is -2.18. The minimum atomic E-state index is 0.426. The molecule has 0 unspecified atom stereocenters. The van der Waals surface area contributed by atoms with Crippen molar-refractivity contribution in [2.45, 2.75) is 33.0 Å². The first-order valence-corrected chi connectivity index (χ1v) is 5.95. The molecule has 2 aromatic heterocycles. The van der Waals surface area contributed by atoms with Gasteiger partial charge in [0.1, 0.15) is 0 Å². The Morgan fingerprint density at radius 1 is 1.41 bits per heavy atom. The molecule has 1 N–H and O–H groups in total. The van der Waals surface area contributed by atoms with Crippen LogP contribution in [0.25, 0.3) is 0 Å². The molecule has 2 aromatic rings. The molecule has 0 saturated heterocycles. The summed E-state index contributed by atoms with van der Waals surface area (Å²) < 4.78 is 4.04. The van der Waals surface area contributed by atoms with Gasteiger partial charge in [0.2, 0.25) is 0 Å². The van der Waals surface area contributed by atoms with Crippen LogP contribution < -0.4 is 5.32 Å². The summed E-state index contributed by atoms with van der Waals surface area (Å²) in [6.07, 6.45) is 9.61. The monoisotopic (exact) mass is 233 g/mol. The maximum absolute atomic E-state index is 4.31. The highest BCUT2D eigenvalue weighted by atomic mass is 15.3. The van der Waals surface area contributed by atoms with Crippen LogP contribution >= 0.6 is 0 Å². The molecule has 0 radical (unpaired) electrons. The van der Waals surface area contributed by atoms with Crippen molar-refractivity contribution < 1.29 is 0 Å². The second-order valence-electron chi connectivity index (χ2n) is 4.40. The fourth-order valence-corrected chi connectivity index (χ4v) is 1.61. The molecule has 5 nitrogen and oxygen atoms in total. The van der Waals surface area contributed by atoms with E-state index in [4.69, 9.17) is 0 Å². The van der Waals surface area contributed by atoms with E-state index < -0.39 is 0 Å². The summed E-state index contributed by atoms with van der Waals surface area (Å²) in [6, 6.07) is 0.426. The van der Waals surface area contributed by atoms with Crippen LogP contribution in [-0.2, 0) is 13.1 Å². The Balaban J connectivity index is 1.71. The van der Waals surface area contributed by atoms with Crippen molar-refractivity contribution in [1.82, 2.24) is 24.6 Å². The Morgan fingerprint density at radius 3 is 2.94 bits per heavy atom. The number of nitrogens with one attached hydrogen (secondary N) is 1. The fourth-order valence-electron chi connectivity index (χ4n) is 1.61. The molecule has 2 rings (SSSR count). The molecule has 2 heterocycles. The minimum Gasteiger partial charge on any atom is -0.336 e. The third-order valence-corrected chi connectivity index (χ3v) is 2.62. The van der Waals surface area contributed by atoms with Gasteiger partial charge in [-0.15, -0.1) is 0 Å². The minimum absolute atomic E-state index is 0.426. The van der Waals surface area contributed by atoms with Gasteiger partial charge in [-0.2, -0.15) is 5.10 Å². The average molecular weight is 233 g/mol. The Bertz CT molecular complexity index is 429. The summed E-state index contributed by atoms with van der Waals surface area (Å²) in [6.45, 7) is 7.00. The lowest BCUT2D eigenvalue weighted by atomic mass is 10.3. The van der Waals surface area contributed by atoms with Gasteiger partial charge >= 0.3 is 0 Å². The van der Waals surface area contributed by atoms with Crippen molar-refractivity contribution in [2.75, 3.05) is 6.54 Å². The highest BCUT2D eigenvalue weighted by Gasteiger charge is 2.00. The quantitative estimate of drug-likeness (QED) is 0.768. The van der Waals surface area contributed by atoms with Crippen LogP contribution in [0.3, 0.4) is 0 Å². The standard InChI is InChI=1S/C12H19N5/c1-11(2)17-9-12(8-15-17)7-13-3-5-16-6-4-14-10-16/h4,6,8-11,13H,3,5,7H2,1-2H3. The van der Waals surface area contributed by atoms with Crippen molar-refractivity contribution in [3.8, 4) is 0 Å². The molecule has 0 fully saturated rings. The SMILES string of the molecule is CC(C)n1cc(CNCCn2ccnc2)cn1. The van der Waals surface area contributed by atoms with Crippen LogP contribution in [-0.4, -0.2) is 25.9 Å². The predicted octanol–water partition coefficient (Wildman–Crippen LogP) is 1.45. The lowest BCUT2D eigenvalue weighted by Gasteiger charge is -2.04. The zero-order valence-corrected chi connectivity index (χ0v) is 10.4. The highest BCUT2D eigenvalue weighted by Crippen LogP contribution is 2.04. The van der Waals surface area contributed by atoms with E-state index in [1.165, 1.54) is 5.56 Å². The highest BCUT2D eigenvalue weighted by molar-refractivity contribution is 5.03. The van der Waals surface area contributed by atoms with E-state index in [1.54, 1.807) is 6.20 Å². The molecule has 17 heavy (non-hydrogen) atoms. The lowest BCUT2D eigenvalue weighted by molar-refractivity contribution is 0.531. The molecule has 0 aliphatic carbocycles. The zero-order valence-electron chi connectivity index (χ0n) is 10.4. The molecule has 0 spiro atoms. The van der Waals surface area contributed by atoms with Crippen molar-refractivity contribution >= 4 is 0 Å². The summed E-state index contributed by atoms with van der Waals surface area (Å²) >= 11 is 0. The van der Waals surface area contributed by atoms with Gasteiger partial charge in [0.15, 0.2) is 0 Å². The molecule has 92 valence electrons. The first-order valence-electron chi connectivity index (χ1n) is 5.95. The summed E-state index contributed by atoms with van der Waals surface area (Å²) in [5.74, 6) is 0. The Kier molecular flexibility index (Phi) is 3.93. The zero-order chi connectivity index (χ0) is 12.1. The van der Waals surface area contributed by atoms with Gasteiger partial charge in [0.05, 0.1) is 12.5 Å². The Hall–Kier alpha value is -1.62. The van der Waals surface area contributed by atoms with Crippen LogP contribution in [0.2, 0.25) is 0 Å². The molecule has 0 aliphatic rings. The van der Waals surface area contributed by atoms with Gasteiger partial charge in [-0.1, -0.05) is 0 Å². The smallest absolute Gasteiger partial charge is 0.0946 e. The Labute approximate surface area is 101 Å². The van der Waals surface area contributed by atoms with Gasteiger partial charge in [-0.25, -0.2) is 4.98 Å². The summed E-state index contributed by atoms with van der Waals surface area (Å²) in [7, 11) is 0. The third-order valence-electron chi connectivity index (χ3n) is 2.62. The number of rotatable bonds is 6. The average Bonchev–Trinajstić information content (AvgIpc) is 2.96. The summed E-state index contributed by atoms with van der Waals surface area (Å²) in [5.41, 5.74) is 1.23. The summed E-state index contributed by atoms with van der Waals surface area (Å²) in [4.78, 5) is 4.00. The van der Waals surface area contributed by atoms with E-state index in [0.29, 0.717) is 6.04 Å². The van der Waals surface area contributed by atoms with Crippen molar-refractivity contribution in [3.05, 3.63) is 36.7 Å². The van der Waals surface area contributed by atoms with E-state index in [2.05, 4.69) is 40.0 Å². The van der Waals surface area contributed by atoms with Crippen LogP contribution in [0, 0.1) is 0 Å². The first-order chi connectivity index (χ1) is 8.25. The predicted molar refractivity (Wildman–Crippen MR) is 66.5 cm³/mol. The molecule has 0 amide bonds. The molecule has 0 bridgehead atoms. The van der Waals surface area contributed by atoms with Gasteiger partial charge < -0.3 is 9.88 Å². The maximum atomic E-state index is 4.31. The summed E-state index contributed by atoms with van der Waals surface area (Å²) in [5, 5.41) is 7.70. The van der Waals surface area contributed by atoms with E-state index >= 15 is 0 Å². The molecular formula is C12H19N5. The van der Waals surface area contributed by atoms with Gasteiger partial charge in [0, 0.05) is 49.8 Å². The molecule has 0 aliphatic heterocycles. The first kappa shape index (κ1) is 11.9. The van der Waals surface area contributed by atoms with E-state index in [1.807, 2.05) is 23.4 Å². The second kappa shape index (κ2) is 5.63. The van der Waals surface area contributed by atoms with Crippen molar-refractivity contribution in [2.24, 2.45) is 0 Å². The maximum Gasteiger partial charge on any atom is 0.0946 e. The molecule has 0 saturated carbocycles. The van der Waals surface area contributed by atoms with Crippen molar-refractivity contribution in [1.29, 1.82) is 0 Å². The number of imidazole rings is 1. The third kappa shape index (κ3) is 3.42. The number of hydrogen-bond acceptors (Lipinski definition) is 3.